The third-order valence-corrected chi connectivity index (χ3v) is 9.10. The number of aromatic nitrogens is 1. The Hall–Kier alpha value is -4.18. The minimum atomic E-state index is -3.69. The van der Waals surface area contributed by atoms with Crippen molar-refractivity contribution in [1.82, 2.24) is 10.3 Å². The first kappa shape index (κ1) is 26.4. The van der Waals surface area contributed by atoms with E-state index in [1.54, 1.807) is 61.7 Å². The molecule has 8 nitrogen and oxygen atoms in total. The van der Waals surface area contributed by atoms with Crippen molar-refractivity contribution >= 4 is 38.0 Å². The Morgan fingerprint density at radius 1 is 1.08 bits per heavy atom. The highest BCUT2D eigenvalue weighted by molar-refractivity contribution is 7.92. The van der Waals surface area contributed by atoms with Crippen molar-refractivity contribution in [3.63, 3.8) is 0 Å². The molecular formula is C29H29FN4O4S. The molecule has 1 aromatic heterocycles. The van der Waals surface area contributed by atoms with Crippen LogP contribution in [0, 0.1) is 5.82 Å². The number of anilines is 2. The highest BCUT2D eigenvalue weighted by Gasteiger charge is 2.43. The van der Waals surface area contributed by atoms with Gasteiger partial charge in [0, 0.05) is 17.3 Å². The van der Waals surface area contributed by atoms with Crippen molar-refractivity contribution in [3.05, 3.63) is 95.9 Å². The molecule has 4 N–H and O–H groups in total. The fourth-order valence-corrected chi connectivity index (χ4v) is 6.50. The van der Waals surface area contributed by atoms with E-state index < -0.39 is 38.2 Å². The minimum absolute atomic E-state index is 0.00262. The predicted molar refractivity (Wildman–Crippen MR) is 149 cm³/mol. The first-order chi connectivity index (χ1) is 18.8. The molecule has 1 fully saturated rings. The summed E-state index contributed by atoms with van der Waals surface area (Å²) in [6.07, 6.45) is 2.72. The maximum atomic E-state index is 14.4. The van der Waals surface area contributed by atoms with Crippen LogP contribution in [0.25, 0.3) is 10.8 Å². The molecule has 1 heterocycles. The Balaban J connectivity index is 1.53. The van der Waals surface area contributed by atoms with E-state index in [0.717, 1.165) is 10.8 Å². The smallest absolute Gasteiger partial charge is 0.248 e. The quantitative estimate of drug-likeness (QED) is 0.258. The highest BCUT2D eigenvalue weighted by atomic mass is 32.2. The van der Waals surface area contributed by atoms with Gasteiger partial charge in [-0.2, -0.15) is 0 Å². The van der Waals surface area contributed by atoms with Crippen LogP contribution in [-0.4, -0.2) is 31.2 Å². The number of pyridine rings is 1. The van der Waals surface area contributed by atoms with E-state index in [1.165, 1.54) is 18.2 Å². The number of hydrogen-bond donors (Lipinski definition) is 3. The summed E-state index contributed by atoms with van der Waals surface area (Å²) >= 11 is 0. The molecule has 2 unspecified atom stereocenters. The van der Waals surface area contributed by atoms with Crippen molar-refractivity contribution in [3.8, 4) is 5.75 Å². The van der Waals surface area contributed by atoms with E-state index in [1.807, 2.05) is 6.07 Å². The topological polar surface area (TPSA) is 123 Å². The molecule has 0 saturated heterocycles. The zero-order valence-corrected chi connectivity index (χ0v) is 22.1. The van der Waals surface area contributed by atoms with Crippen molar-refractivity contribution in [2.75, 3.05) is 17.7 Å². The normalized spacial score (nSPS) is 14.9. The number of nitrogen functional groups attached to an aromatic ring is 1. The van der Waals surface area contributed by atoms with Crippen LogP contribution in [0.15, 0.2) is 79.0 Å². The van der Waals surface area contributed by atoms with Crippen LogP contribution in [-0.2, 0) is 14.6 Å². The van der Waals surface area contributed by atoms with Gasteiger partial charge in [0.15, 0.2) is 26.8 Å². The monoisotopic (exact) mass is 548 g/mol. The summed E-state index contributed by atoms with van der Waals surface area (Å²) in [6, 6.07) is 18.9. The predicted octanol–water partition coefficient (Wildman–Crippen LogP) is 4.90. The summed E-state index contributed by atoms with van der Waals surface area (Å²) in [5.74, 6) is -0.773. The Morgan fingerprint density at radius 3 is 2.56 bits per heavy atom. The van der Waals surface area contributed by atoms with E-state index in [9.17, 15) is 17.6 Å². The lowest BCUT2D eigenvalue weighted by Crippen LogP contribution is -2.40. The number of carbonyl (C=O) groups is 1. The van der Waals surface area contributed by atoms with E-state index in [0.29, 0.717) is 35.5 Å². The van der Waals surface area contributed by atoms with Crippen LogP contribution in [0.3, 0.4) is 0 Å². The van der Waals surface area contributed by atoms with Gasteiger partial charge in [0.1, 0.15) is 11.9 Å². The van der Waals surface area contributed by atoms with Gasteiger partial charge in [-0.1, -0.05) is 36.4 Å². The van der Waals surface area contributed by atoms with Gasteiger partial charge in [0.05, 0.1) is 11.9 Å². The fraction of sp³-hybridized carbons (Fsp3) is 0.241. The van der Waals surface area contributed by atoms with Crippen molar-refractivity contribution < 1.29 is 22.3 Å². The van der Waals surface area contributed by atoms with Crippen LogP contribution in [0.4, 0.5) is 15.9 Å². The van der Waals surface area contributed by atoms with Gasteiger partial charge < -0.3 is 21.1 Å². The van der Waals surface area contributed by atoms with Crippen LogP contribution < -0.4 is 21.1 Å². The molecule has 10 heteroatoms. The maximum Gasteiger partial charge on any atom is 0.248 e. The molecule has 1 amide bonds. The molecule has 1 aliphatic rings. The number of nitrogens with one attached hydrogen (secondary N) is 2. The lowest BCUT2D eigenvalue weighted by molar-refractivity contribution is -0.122. The third-order valence-electron chi connectivity index (χ3n) is 6.65. The molecule has 5 rings (SSSR count). The van der Waals surface area contributed by atoms with Crippen LogP contribution in [0.1, 0.15) is 42.3 Å². The van der Waals surface area contributed by atoms with Gasteiger partial charge in [-0.25, -0.2) is 17.8 Å². The molecule has 4 aromatic rings. The van der Waals surface area contributed by atoms with Gasteiger partial charge >= 0.3 is 0 Å². The Labute approximate surface area is 226 Å². The average Bonchev–Trinajstić information content (AvgIpc) is 3.79. The number of sulfone groups is 1. The standard InChI is InChI=1S/C29H29FN4O4S/c1-2-38-25-17-20(8-13-24(25)30)26(33-21-9-12-23-19(16-21)14-15-32-27(23)31)28(35)34-29(18-6-4-3-5-7-18)39(36,37)22-10-11-22/h3-9,12-17,22,26,29,33H,2,10-11H2,1H3,(H2,31,32)(H,34,35). The van der Waals surface area contributed by atoms with Gasteiger partial charge in [-0.05, 0) is 72.7 Å². The number of nitrogens with zero attached hydrogens (tertiary/aromatic N) is 1. The largest absolute Gasteiger partial charge is 0.491 e. The van der Waals surface area contributed by atoms with Gasteiger partial charge in [0.25, 0.3) is 0 Å². The summed E-state index contributed by atoms with van der Waals surface area (Å²) in [5, 5.41) is 5.81. The fourth-order valence-electron chi connectivity index (χ4n) is 4.51. The molecule has 1 saturated carbocycles. The lowest BCUT2D eigenvalue weighted by atomic mass is 10.0. The number of rotatable bonds is 10. The number of carbonyl (C=O) groups excluding carboxylic acids is 1. The van der Waals surface area contributed by atoms with Gasteiger partial charge in [-0.3, -0.25) is 4.79 Å². The van der Waals surface area contributed by atoms with Crippen LogP contribution in [0.5, 0.6) is 5.75 Å². The summed E-state index contributed by atoms with van der Waals surface area (Å²) in [7, 11) is -3.69. The van der Waals surface area contributed by atoms with Gasteiger partial charge in [0.2, 0.25) is 5.91 Å². The van der Waals surface area contributed by atoms with Crippen LogP contribution >= 0.6 is 0 Å². The second-order valence-corrected chi connectivity index (χ2v) is 11.7. The average molecular weight is 549 g/mol. The molecule has 0 radical (unpaired) electrons. The minimum Gasteiger partial charge on any atom is -0.491 e. The lowest BCUT2D eigenvalue weighted by Gasteiger charge is -2.25. The molecule has 0 bridgehead atoms. The molecule has 0 aliphatic heterocycles. The SMILES string of the molecule is CCOc1cc(C(Nc2ccc3c(N)nccc3c2)C(=O)NC(c2ccccc2)S(=O)(=O)C2CC2)ccc1F. The van der Waals surface area contributed by atoms with Crippen molar-refractivity contribution in [2.45, 2.75) is 36.4 Å². The van der Waals surface area contributed by atoms with Crippen molar-refractivity contribution in [2.24, 2.45) is 0 Å². The Kier molecular flexibility index (Phi) is 7.38. The zero-order valence-electron chi connectivity index (χ0n) is 21.3. The number of halogens is 1. The van der Waals surface area contributed by atoms with Crippen molar-refractivity contribution in [1.29, 1.82) is 0 Å². The molecule has 39 heavy (non-hydrogen) atoms. The Morgan fingerprint density at radius 2 is 1.85 bits per heavy atom. The summed E-state index contributed by atoms with van der Waals surface area (Å²) < 4.78 is 46.6. The maximum absolute atomic E-state index is 14.4. The number of amides is 1. The second-order valence-electron chi connectivity index (χ2n) is 9.42. The van der Waals surface area contributed by atoms with E-state index in [4.69, 9.17) is 10.5 Å². The first-order valence-corrected chi connectivity index (χ1v) is 14.3. The number of benzene rings is 3. The molecule has 0 spiro atoms. The van der Waals surface area contributed by atoms with E-state index >= 15 is 0 Å². The molecule has 202 valence electrons. The molecular weight excluding hydrogens is 519 g/mol. The highest BCUT2D eigenvalue weighted by Crippen LogP contribution is 2.37. The van der Waals surface area contributed by atoms with Gasteiger partial charge in [-0.15, -0.1) is 0 Å². The van der Waals surface area contributed by atoms with Crippen LogP contribution in [0.2, 0.25) is 0 Å². The summed E-state index contributed by atoms with van der Waals surface area (Å²) in [6.45, 7) is 1.97. The number of nitrogens with two attached hydrogens (primary N) is 1. The molecule has 2 atom stereocenters. The second kappa shape index (κ2) is 10.9. The first-order valence-electron chi connectivity index (χ1n) is 12.7. The number of hydrogen-bond acceptors (Lipinski definition) is 7. The summed E-state index contributed by atoms with van der Waals surface area (Å²) in [4.78, 5) is 18.0. The van der Waals surface area contributed by atoms with E-state index in [2.05, 4.69) is 15.6 Å². The number of fused-ring (bicyclic) bond motifs is 1. The third kappa shape index (κ3) is 5.65. The number of ether oxygens (including phenoxy) is 1. The summed E-state index contributed by atoms with van der Waals surface area (Å²) in [5.41, 5.74) is 7.44. The van der Waals surface area contributed by atoms with E-state index in [-0.39, 0.29) is 12.4 Å². The molecule has 3 aromatic carbocycles. The molecule has 1 aliphatic carbocycles. The zero-order chi connectivity index (χ0) is 27.6. The Bertz CT molecular complexity index is 1610.